The van der Waals surface area contributed by atoms with Crippen LogP contribution in [-0.2, 0) is 13.0 Å². The Labute approximate surface area is 114 Å². The van der Waals surface area contributed by atoms with Crippen LogP contribution in [0.3, 0.4) is 0 Å². The molecule has 2 N–H and O–H groups in total. The van der Waals surface area contributed by atoms with Crippen molar-refractivity contribution in [2.45, 2.75) is 20.0 Å². The molecule has 0 aliphatic carbocycles. The van der Waals surface area contributed by atoms with Gasteiger partial charge in [0.15, 0.2) is 0 Å². The van der Waals surface area contributed by atoms with Gasteiger partial charge in [-0.05, 0) is 36.7 Å². The molecule has 0 aromatic heterocycles. The van der Waals surface area contributed by atoms with Crippen molar-refractivity contribution in [3.63, 3.8) is 0 Å². The maximum Gasteiger partial charge on any atom is 0.123 e. The first-order chi connectivity index (χ1) is 9.29. The SMILES string of the molecule is C/C(=C\N)Cc1ccccc1OCc1ccccc1. The topological polar surface area (TPSA) is 35.2 Å². The average Bonchev–Trinajstić information content (AvgIpc) is 2.47. The van der Waals surface area contributed by atoms with E-state index in [1.165, 1.54) is 5.56 Å². The standard InChI is InChI=1S/C17H19NO/c1-14(12-18)11-16-9-5-6-10-17(16)19-13-15-7-3-2-4-8-15/h2-10,12H,11,13,18H2,1H3/b14-12+. The molecule has 0 fully saturated rings. The Morgan fingerprint density at radius 1 is 1.05 bits per heavy atom. The summed E-state index contributed by atoms with van der Waals surface area (Å²) in [5.41, 5.74) is 9.00. The second-order valence-electron chi connectivity index (χ2n) is 4.57. The highest BCUT2D eigenvalue weighted by atomic mass is 16.5. The van der Waals surface area contributed by atoms with E-state index in [0.717, 1.165) is 23.3 Å². The summed E-state index contributed by atoms with van der Waals surface area (Å²) in [6.07, 6.45) is 2.47. The van der Waals surface area contributed by atoms with E-state index in [1.54, 1.807) is 6.20 Å². The molecular weight excluding hydrogens is 234 g/mol. The van der Waals surface area contributed by atoms with Crippen LogP contribution in [0.1, 0.15) is 18.1 Å². The average molecular weight is 253 g/mol. The van der Waals surface area contributed by atoms with E-state index in [4.69, 9.17) is 10.5 Å². The predicted molar refractivity (Wildman–Crippen MR) is 78.9 cm³/mol. The zero-order valence-electron chi connectivity index (χ0n) is 11.2. The molecule has 0 aliphatic rings. The van der Waals surface area contributed by atoms with Crippen molar-refractivity contribution in [2.24, 2.45) is 5.73 Å². The smallest absolute Gasteiger partial charge is 0.123 e. The van der Waals surface area contributed by atoms with E-state index in [1.807, 2.05) is 43.3 Å². The molecule has 0 atom stereocenters. The van der Waals surface area contributed by atoms with Crippen LogP contribution in [0, 0.1) is 0 Å². The van der Waals surface area contributed by atoms with Crippen molar-refractivity contribution in [1.82, 2.24) is 0 Å². The molecule has 0 radical (unpaired) electrons. The molecule has 98 valence electrons. The zero-order valence-corrected chi connectivity index (χ0v) is 11.2. The highest BCUT2D eigenvalue weighted by Crippen LogP contribution is 2.22. The van der Waals surface area contributed by atoms with Gasteiger partial charge in [-0.3, -0.25) is 0 Å². The third kappa shape index (κ3) is 3.88. The Morgan fingerprint density at radius 2 is 1.74 bits per heavy atom. The summed E-state index contributed by atoms with van der Waals surface area (Å²) in [6.45, 7) is 2.61. The molecule has 2 rings (SSSR count). The van der Waals surface area contributed by atoms with Crippen LogP contribution in [0.15, 0.2) is 66.4 Å². The minimum absolute atomic E-state index is 0.587. The van der Waals surface area contributed by atoms with Crippen molar-refractivity contribution in [3.05, 3.63) is 77.5 Å². The summed E-state index contributed by atoms with van der Waals surface area (Å²) >= 11 is 0. The predicted octanol–water partition coefficient (Wildman–Crippen LogP) is 3.67. The van der Waals surface area contributed by atoms with Gasteiger partial charge in [0.1, 0.15) is 12.4 Å². The summed E-state index contributed by atoms with van der Waals surface area (Å²) in [5.74, 6) is 0.924. The molecule has 0 amide bonds. The fraction of sp³-hybridized carbons (Fsp3) is 0.176. The molecule has 0 saturated heterocycles. The first-order valence-electron chi connectivity index (χ1n) is 6.41. The van der Waals surface area contributed by atoms with Crippen molar-refractivity contribution in [2.75, 3.05) is 0 Å². The van der Waals surface area contributed by atoms with Crippen LogP contribution < -0.4 is 10.5 Å². The Kier molecular flexibility index (Phi) is 4.62. The molecule has 0 aliphatic heterocycles. The lowest BCUT2D eigenvalue weighted by Crippen LogP contribution is -1.99. The first kappa shape index (κ1) is 13.2. The Morgan fingerprint density at radius 3 is 2.47 bits per heavy atom. The van der Waals surface area contributed by atoms with Crippen molar-refractivity contribution >= 4 is 0 Å². The van der Waals surface area contributed by atoms with Gasteiger partial charge in [-0.25, -0.2) is 0 Å². The number of rotatable bonds is 5. The molecule has 19 heavy (non-hydrogen) atoms. The van der Waals surface area contributed by atoms with E-state index >= 15 is 0 Å². The number of benzene rings is 2. The van der Waals surface area contributed by atoms with Gasteiger partial charge in [-0.15, -0.1) is 0 Å². The number of hydrogen-bond donors (Lipinski definition) is 1. The molecule has 2 nitrogen and oxygen atoms in total. The molecule has 0 spiro atoms. The number of hydrogen-bond acceptors (Lipinski definition) is 2. The lowest BCUT2D eigenvalue weighted by molar-refractivity contribution is 0.303. The second-order valence-corrected chi connectivity index (χ2v) is 4.57. The lowest BCUT2D eigenvalue weighted by atomic mass is 10.1. The molecular formula is C17H19NO. The van der Waals surface area contributed by atoms with E-state index in [-0.39, 0.29) is 0 Å². The minimum atomic E-state index is 0.587. The number of para-hydroxylation sites is 1. The summed E-state index contributed by atoms with van der Waals surface area (Å²) in [7, 11) is 0. The van der Waals surface area contributed by atoms with Gasteiger partial charge in [0.2, 0.25) is 0 Å². The monoisotopic (exact) mass is 253 g/mol. The Balaban J connectivity index is 2.08. The van der Waals surface area contributed by atoms with Crippen molar-refractivity contribution < 1.29 is 4.74 Å². The summed E-state index contributed by atoms with van der Waals surface area (Å²) in [6, 6.07) is 18.3. The van der Waals surface area contributed by atoms with E-state index in [2.05, 4.69) is 18.2 Å². The molecule has 2 aromatic rings. The van der Waals surface area contributed by atoms with Crippen molar-refractivity contribution in [1.29, 1.82) is 0 Å². The summed E-state index contributed by atoms with van der Waals surface area (Å²) in [5, 5.41) is 0. The zero-order chi connectivity index (χ0) is 13.5. The normalized spacial score (nSPS) is 11.3. The first-order valence-corrected chi connectivity index (χ1v) is 6.41. The fourth-order valence-corrected chi connectivity index (χ4v) is 1.89. The van der Waals surface area contributed by atoms with Crippen LogP contribution in [-0.4, -0.2) is 0 Å². The van der Waals surface area contributed by atoms with Gasteiger partial charge >= 0.3 is 0 Å². The minimum Gasteiger partial charge on any atom is -0.489 e. The number of nitrogens with two attached hydrogens (primary N) is 1. The second kappa shape index (κ2) is 6.64. The Hall–Kier alpha value is -2.22. The fourth-order valence-electron chi connectivity index (χ4n) is 1.89. The molecule has 2 aromatic carbocycles. The highest BCUT2D eigenvalue weighted by molar-refractivity contribution is 5.36. The highest BCUT2D eigenvalue weighted by Gasteiger charge is 2.04. The van der Waals surface area contributed by atoms with Crippen LogP contribution in [0.2, 0.25) is 0 Å². The molecule has 0 bridgehead atoms. The third-order valence-electron chi connectivity index (χ3n) is 2.96. The van der Waals surface area contributed by atoms with E-state index < -0.39 is 0 Å². The molecule has 0 heterocycles. The van der Waals surface area contributed by atoms with Gasteiger partial charge in [0.05, 0.1) is 0 Å². The van der Waals surface area contributed by atoms with Gasteiger partial charge in [0.25, 0.3) is 0 Å². The summed E-state index contributed by atoms with van der Waals surface area (Å²) < 4.78 is 5.90. The van der Waals surface area contributed by atoms with Gasteiger partial charge in [-0.1, -0.05) is 54.1 Å². The number of allylic oxidation sites excluding steroid dienone is 1. The largest absolute Gasteiger partial charge is 0.489 e. The quantitative estimate of drug-likeness (QED) is 0.882. The molecule has 2 heteroatoms. The van der Waals surface area contributed by atoms with E-state index in [9.17, 15) is 0 Å². The van der Waals surface area contributed by atoms with Gasteiger partial charge in [0, 0.05) is 0 Å². The van der Waals surface area contributed by atoms with Gasteiger partial charge in [-0.2, -0.15) is 0 Å². The molecule has 0 unspecified atom stereocenters. The number of ether oxygens (including phenoxy) is 1. The Bertz CT molecular complexity index is 546. The van der Waals surface area contributed by atoms with Crippen LogP contribution in [0.5, 0.6) is 5.75 Å². The third-order valence-corrected chi connectivity index (χ3v) is 2.96. The maximum atomic E-state index is 5.90. The lowest BCUT2D eigenvalue weighted by Gasteiger charge is -2.11. The van der Waals surface area contributed by atoms with Crippen LogP contribution >= 0.6 is 0 Å². The summed E-state index contributed by atoms with van der Waals surface area (Å²) in [4.78, 5) is 0. The molecule has 0 saturated carbocycles. The van der Waals surface area contributed by atoms with Gasteiger partial charge < -0.3 is 10.5 Å². The van der Waals surface area contributed by atoms with Crippen molar-refractivity contribution in [3.8, 4) is 5.75 Å². The van der Waals surface area contributed by atoms with Crippen LogP contribution in [0.4, 0.5) is 0 Å². The van der Waals surface area contributed by atoms with Crippen LogP contribution in [0.25, 0.3) is 0 Å². The maximum absolute atomic E-state index is 5.90. The van der Waals surface area contributed by atoms with E-state index in [0.29, 0.717) is 6.61 Å².